The molecule has 0 spiro atoms. The molecule has 0 saturated carbocycles. The van der Waals surface area contributed by atoms with Crippen molar-refractivity contribution in [3.05, 3.63) is 12.2 Å². The van der Waals surface area contributed by atoms with Gasteiger partial charge in [-0.2, -0.15) is 0 Å². The lowest BCUT2D eigenvalue weighted by molar-refractivity contribution is -0.132. The van der Waals surface area contributed by atoms with Gasteiger partial charge in [-0.1, -0.05) is 167 Å². The topological polar surface area (TPSA) is 110 Å². The second-order valence-electron chi connectivity index (χ2n) is 13.3. The van der Waals surface area contributed by atoms with Gasteiger partial charge in [0, 0.05) is 0 Å². The number of carbonyl (C=O) groups is 1. The summed E-state index contributed by atoms with van der Waals surface area (Å²) in [7, 11) is 0. The molecule has 0 bridgehead atoms. The van der Waals surface area contributed by atoms with E-state index in [1.165, 1.54) is 122 Å². The highest BCUT2D eigenvalue weighted by molar-refractivity contribution is 5.80. The summed E-state index contributed by atoms with van der Waals surface area (Å²) in [6.07, 6.45) is 34.5. The van der Waals surface area contributed by atoms with Gasteiger partial charge in [-0.25, -0.2) is 0 Å². The van der Waals surface area contributed by atoms with Gasteiger partial charge in [0.05, 0.1) is 18.8 Å². The van der Waals surface area contributed by atoms with Crippen LogP contribution >= 0.6 is 0 Å². The Morgan fingerprint density at radius 3 is 1.34 bits per heavy atom. The van der Waals surface area contributed by atoms with Crippen LogP contribution in [0.15, 0.2) is 12.2 Å². The zero-order chi connectivity index (χ0) is 32.5. The van der Waals surface area contributed by atoms with Crippen molar-refractivity contribution in [2.45, 2.75) is 218 Å². The Balaban J connectivity index is 3.58. The van der Waals surface area contributed by atoms with Gasteiger partial charge >= 0.3 is 0 Å². The first-order chi connectivity index (χ1) is 21.5. The second-order valence-corrected chi connectivity index (χ2v) is 13.3. The van der Waals surface area contributed by atoms with Gasteiger partial charge in [0.25, 0.3) is 0 Å². The molecule has 0 saturated heterocycles. The van der Waals surface area contributed by atoms with Crippen LogP contribution in [0.1, 0.15) is 194 Å². The third-order valence-electron chi connectivity index (χ3n) is 8.98. The van der Waals surface area contributed by atoms with E-state index in [0.717, 1.165) is 44.9 Å². The minimum Gasteiger partial charge on any atom is -0.394 e. The SMILES string of the molecule is CCCCCCCCCCCCCC/C=C\CCCCCCCCCCC(O)C(=O)NC(CO)C(O)C(O)CCCCCC. The highest BCUT2D eigenvalue weighted by Crippen LogP contribution is 2.15. The van der Waals surface area contributed by atoms with Crippen LogP contribution < -0.4 is 5.32 Å². The van der Waals surface area contributed by atoms with Gasteiger partial charge in [0.2, 0.25) is 5.91 Å². The van der Waals surface area contributed by atoms with Crippen LogP contribution in [0, 0.1) is 0 Å². The van der Waals surface area contributed by atoms with Crippen molar-refractivity contribution < 1.29 is 25.2 Å². The quantitative estimate of drug-likeness (QED) is 0.0362. The number of rotatable bonds is 34. The largest absolute Gasteiger partial charge is 0.394 e. The minimum absolute atomic E-state index is 0.366. The second kappa shape index (κ2) is 33.4. The maximum atomic E-state index is 12.3. The Labute approximate surface area is 272 Å². The number of carbonyl (C=O) groups excluding carboxylic acids is 1. The summed E-state index contributed by atoms with van der Waals surface area (Å²) in [4.78, 5) is 12.3. The number of hydrogen-bond acceptors (Lipinski definition) is 5. The van der Waals surface area contributed by atoms with Crippen molar-refractivity contribution in [2.24, 2.45) is 0 Å². The van der Waals surface area contributed by atoms with E-state index in [0.29, 0.717) is 12.8 Å². The molecule has 1 amide bonds. The number of aliphatic hydroxyl groups excluding tert-OH is 4. The Kier molecular flexibility index (Phi) is 32.7. The molecule has 0 aliphatic carbocycles. The van der Waals surface area contributed by atoms with E-state index in [1.807, 2.05) is 0 Å². The van der Waals surface area contributed by atoms with E-state index in [9.17, 15) is 25.2 Å². The highest BCUT2D eigenvalue weighted by Gasteiger charge is 2.28. The Hall–Kier alpha value is -0.950. The summed E-state index contributed by atoms with van der Waals surface area (Å²) in [5.41, 5.74) is 0. The summed E-state index contributed by atoms with van der Waals surface area (Å²) in [6, 6.07) is -0.979. The van der Waals surface area contributed by atoms with Gasteiger partial charge in [-0.15, -0.1) is 0 Å². The van der Waals surface area contributed by atoms with Crippen molar-refractivity contribution in [3.63, 3.8) is 0 Å². The normalized spacial score (nSPS) is 14.6. The van der Waals surface area contributed by atoms with Gasteiger partial charge < -0.3 is 25.7 Å². The standard InChI is InChI=1S/C38H75NO5/c1-3-5-7-9-10-11-12-13-14-15-16-17-18-19-20-21-22-23-24-25-26-27-28-30-32-36(42)38(44)39-34(33-40)37(43)35(41)31-29-8-6-4-2/h19-20,34-37,40-43H,3-18,21-33H2,1-2H3,(H,39,44)/b20-19-. The smallest absolute Gasteiger partial charge is 0.249 e. The highest BCUT2D eigenvalue weighted by atomic mass is 16.3. The zero-order valence-corrected chi connectivity index (χ0v) is 29.2. The van der Waals surface area contributed by atoms with Crippen LogP contribution in [0.4, 0.5) is 0 Å². The van der Waals surface area contributed by atoms with E-state index >= 15 is 0 Å². The first-order valence-electron chi connectivity index (χ1n) is 19.1. The van der Waals surface area contributed by atoms with Crippen LogP contribution in [0.2, 0.25) is 0 Å². The van der Waals surface area contributed by atoms with Gasteiger partial charge in [0.15, 0.2) is 0 Å². The fourth-order valence-corrected chi connectivity index (χ4v) is 5.87. The first kappa shape index (κ1) is 43.0. The molecule has 4 atom stereocenters. The average Bonchev–Trinajstić information content (AvgIpc) is 3.03. The molecule has 0 aliphatic rings. The lowest BCUT2D eigenvalue weighted by Crippen LogP contribution is -2.53. The van der Waals surface area contributed by atoms with Gasteiger partial charge in [-0.05, 0) is 38.5 Å². The summed E-state index contributed by atoms with van der Waals surface area (Å²) in [5, 5.41) is 42.8. The van der Waals surface area contributed by atoms with E-state index in [1.54, 1.807) is 0 Å². The molecule has 44 heavy (non-hydrogen) atoms. The summed E-state index contributed by atoms with van der Waals surface area (Å²) in [6.45, 7) is 3.90. The molecule has 0 aliphatic heterocycles. The van der Waals surface area contributed by atoms with Crippen LogP contribution in [-0.2, 0) is 4.79 Å². The van der Waals surface area contributed by atoms with E-state index in [2.05, 4.69) is 31.3 Å². The number of unbranched alkanes of at least 4 members (excludes halogenated alkanes) is 23. The molecule has 5 N–H and O–H groups in total. The van der Waals surface area contributed by atoms with Gasteiger partial charge in [0.1, 0.15) is 12.2 Å². The monoisotopic (exact) mass is 626 g/mol. The van der Waals surface area contributed by atoms with Crippen molar-refractivity contribution in [2.75, 3.05) is 6.61 Å². The molecule has 0 rings (SSSR count). The molecule has 0 aromatic heterocycles. The number of aliphatic hydroxyl groups is 4. The van der Waals surface area contributed by atoms with E-state index in [4.69, 9.17) is 0 Å². The lowest BCUT2D eigenvalue weighted by atomic mass is 9.99. The molecular weight excluding hydrogens is 550 g/mol. The fourth-order valence-electron chi connectivity index (χ4n) is 5.87. The number of allylic oxidation sites excluding steroid dienone is 2. The molecular formula is C38H75NO5. The van der Waals surface area contributed by atoms with Crippen molar-refractivity contribution >= 4 is 5.91 Å². The van der Waals surface area contributed by atoms with Crippen LogP contribution in [-0.4, -0.2) is 57.3 Å². The minimum atomic E-state index is -1.25. The molecule has 262 valence electrons. The predicted molar refractivity (Wildman–Crippen MR) is 187 cm³/mol. The summed E-state index contributed by atoms with van der Waals surface area (Å²) >= 11 is 0. The molecule has 0 radical (unpaired) electrons. The third-order valence-corrected chi connectivity index (χ3v) is 8.98. The molecule has 0 heterocycles. The van der Waals surface area contributed by atoms with Gasteiger partial charge in [-0.3, -0.25) is 4.79 Å². The molecule has 6 heteroatoms. The van der Waals surface area contributed by atoms with Crippen molar-refractivity contribution in [1.29, 1.82) is 0 Å². The number of hydrogen-bond donors (Lipinski definition) is 5. The summed E-state index contributed by atoms with van der Waals surface area (Å²) < 4.78 is 0. The zero-order valence-electron chi connectivity index (χ0n) is 29.2. The maximum Gasteiger partial charge on any atom is 0.249 e. The van der Waals surface area contributed by atoms with Crippen LogP contribution in [0.3, 0.4) is 0 Å². The number of nitrogens with one attached hydrogen (secondary N) is 1. The van der Waals surface area contributed by atoms with Crippen molar-refractivity contribution in [3.8, 4) is 0 Å². The Morgan fingerprint density at radius 2 is 0.909 bits per heavy atom. The fraction of sp³-hybridized carbons (Fsp3) is 0.921. The maximum absolute atomic E-state index is 12.3. The summed E-state index contributed by atoms with van der Waals surface area (Å²) in [5.74, 6) is -0.593. The molecule has 6 nitrogen and oxygen atoms in total. The number of amides is 1. The van der Waals surface area contributed by atoms with Crippen LogP contribution in [0.25, 0.3) is 0 Å². The first-order valence-corrected chi connectivity index (χ1v) is 19.1. The Bertz CT molecular complexity index is 628. The predicted octanol–water partition coefficient (Wildman–Crippen LogP) is 9.07. The molecule has 0 aromatic rings. The van der Waals surface area contributed by atoms with E-state index in [-0.39, 0.29) is 0 Å². The van der Waals surface area contributed by atoms with Crippen LogP contribution in [0.5, 0.6) is 0 Å². The molecule has 0 aromatic carbocycles. The average molecular weight is 626 g/mol. The lowest BCUT2D eigenvalue weighted by Gasteiger charge is -2.27. The molecule has 0 fully saturated rings. The third kappa shape index (κ3) is 27.4. The van der Waals surface area contributed by atoms with Crippen molar-refractivity contribution in [1.82, 2.24) is 5.32 Å². The molecule has 4 unspecified atom stereocenters. The van der Waals surface area contributed by atoms with E-state index < -0.39 is 36.9 Å². The Morgan fingerprint density at radius 1 is 0.545 bits per heavy atom.